The van der Waals surface area contributed by atoms with E-state index in [4.69, 9.17) is 30.5 Å². The molecular formula is C37H44N4O8. The molecule has 2 bridgehead atoms. The molecule has 3 heterocycles. The second-order valence-corrected chi connectivity index (χ2v) is 11.8. The van der Waals surface area contributed by atoms with Crippen LogP contribution in [0.4, 0.5) is 11.4 Å². The predicted molar refractivity (Wildman–Crippen MR) is 185 cm³/mol. The van der Waals surface area contributed by atoms with Crippen LogP contribution < -0.4 is 10.8 Å². The number of fused-ring (bicyclic) bond motifs is 5. The highest BCUT2D eigenvalue weighted by atomic mass is 16.7. The number of rotatable bonds is 6. The molecular weight excluding hydrogens is 628 g/mol. The molecule has 2 aliphatic rings. The number of aliphatic hydroxyl groups is 1. The first-order chi connectivity index (χ1) is 23.2. The Bertz CT molecular complexity index is 1680. The van der Waals surface area contributed by atoms with E-state index in [1.807, 2.05) is 26.0 Å². The Balaban J connectivity index is 0.000000217. The molecule has 3 unspecified atom stereocenters. The van der Waals surface area contributed by atoms with E-state index in [0.29, 0.717) is 18.2 Å². The molecule has 3 atom stereocenters. The lowest BCUT2D eigenvalue weighted by molar-refractivity contribution is -0.490. The number of ether oxygens (including phenoxy) is 1. The molecule has 4 aromatic rings. The molecule has 12 heteroatoms. The number of carboxylic acids is 1. The van der Waals surface area contributed by atoms with Crippen molar-refractivity contribution >= 4 is 17.3 Å². The number of furan rings is 1. The number of aliphatic hydroxyl groups excluding tert-OH is 1. The van der Waals surface area contributed by atoms with Crippen molar-refractivity contribution in [1.29, 1.82) is 5.39 Å². The number of para-hydroxylation sites is 1. The van der Waals surface area contributed by atoms with Crippen LogP contribution in [0.1, 0.15) is 79.0 Å². The average Bonchev–Trinajstić information content (AvgIpc) is 3.69. The molecule has 49 heavy (non-hydrogen) atoms. The van der Waals surface area contributed by atoms with Crippen molar-refractivity contribution in [3.63, 3.8) is 0 Å². The van der Waals surface area contributed by atoms with Gasteiger partial charge in [-0.3, -0.25) is 0 Å². The Morgan fingerprint density at radius 2 is 1.45 bits per heavy atom. The molecule has 0 amide bonds. The van der Waals surface area contributed by atoms with Gasteiger partial charge in [-0.2, -0.15) is 0 Å². The normalized spacial score (nSPS) is 18.0. The molecule has 0 saturated carbocycles. The summed E-state index contributed by atoms with van der Waals surface area (Å²) in [6, 6.07) is 24.8. The molecule has 0 aliphatic carbocycles. The quantitative estimate of drug-likeness (QED) is 0.0345. The topological polar surface area (TPSA) is 196 Å². The van der Waals surface area contributed by atoms with Crippen molar-refractivity contribution in [2.24, 2.45) is 11.3 Å². The fourth-order valence-corrected chi connectivity index (χ4v) is 4.83. The third kappa shape index (κ3) is 12.0. The molecule has 1 aromatic heterocycles. The number of aromatic carboxylic acids is 1. The standard InChI is InChI=1S/C12H12O.C7H6N2O2.C7H7NO2.C6H8O.C5H11NO2/c1-11-7-8-12(2,13-11)10-6-4-3-5-9(10)11;8-9-6-4-2-1-3-5(6)7(10)11;8-6-4-2-1-3-5(6)7(9)10;1-5-3-4-6(2)7-5;1-5(2)3-4-8-6-7/h3-8H,1-2H3;1-4,7,10H;1-4H,8H2,(H,9,10);3-4H,1-2H3;5H,3-4H2,1-2H3. The maximum atomic E-state index is 10.5. The average molecular weight is 673 g/mol. The molecule has 6 rings (SSSR count). The van der Waals surface area contributed by atoms with Crippen molar-refractivity contribution in [1.82, 2.24) is 0 Å². The van der Waals surface area contributed by atoms with E-state index in [1.54, 1.807) is 30.3 Å². The minimum absolute atomic E-state index is 0.0787. The summed E-state index contributed by atoms with van der Waals surface area (Å²) in [6.07, 6.45) is 3.37. The van der Waals surface area contributed by atoms with Crippen LogP contribution in [0.15, 0.2) is 107 Å². The number of hydrogen-bond acceptors (Lipinski definition) is 10. The number of carbonyl (C=O) groups is 1. The molecule has 0 saturated heterocycles. The first-order valence-corrected chi connectivity index (χ1v) is 15.5. The second kappa shape index (κ2) is 18.8. The number of hydrogen-bond donors (Lipinski definition) is 3. The van der Waals surface area contributed by atoms with Crippen LogP contribution in [0.2, 0.25) is 0 Å². The SMILES string of the molecule is CC(C)CCON=O.CC12C=CC(C)(O1)c1ccccc12.Cc1ccc(C)o1.N#[N+]c1ccccc1C([O-])O.Nc1ccccc1C(=O)O. The zero-order valence-corrected chi connectivity index (χ0v) is 28.6. The van der Waals surface area contributed by atoms with Crippen LogP contribution in [-0.2, 0) is 20.8 Å². The largest absolute Gasteiger partial charge is 0.828 e. The first kappa shape index (κ1) is 39.8. The van der Waals surface area contributed by atoms with Crippen LogP contribution >= 0.6 is 0 Å². The highest BCUT2D eigenvalue weighted by molar-refractivity contribution is 5.93. The van der Waals surface area contributed by atoms with Crippen molar-refractivity contribution < 1.29 is 34.1 Å². The lowest BCUT2D eigenvalue weighted by Gasteiger charge is -2.18. The minimum atomic E-state index is -1.85. The van der Waals surface area contributed by atoms with Gasteiger partial charge in [-0.1, -0.05) is 62.4 Å². The van der Waals surface area contributed by atoms with Crippen LogP contribution in [0.3, 0.4) is 0 Å². The van der Waals surface area contributed by atoms with E-state index < -0.39 is 12.3 Å². The maximum Gasteiger partial charge on any atom is 0.389 e. The molecule has 260 valence electrons. The third-order valence-electron chi connectivity index (χ3n) is 7.36. The van der Waals surface area contributed by atoms with E-state index in [0.717, 1.165) is 17.9 Å². The lowest BCUT2D eigenvalue weighted by Crippen LogP contribution is -2.17. The predicted octanol–water partition coefficient (Wildman–Crippen LogP) is 7.83. The Morgan fingerprint density at radius 1 is 0.939 bits per heavy atom. The first-order valence-electron chi connectivity index (χ1n) is 15.5. The Kier molecular flexibility index (Phi) is 15.3. The van der Waals surface area contributed by atoms with E-state index >= 15 is 0 Å². The van der Waals surface area contributed by atoms with Gasteiger partial charge in [0.1, 0.15) is 29.3 Å². The fourth-order valence-electron chi connectivity index (χ4n) is 4.83. The molecule has 0 radical (unpaired) electrons. The maximum absolute atomic E-state index is 10.5. The molecule has 12 nitrogen and oxygen atoms in total. The van der Waals surface area contributed by atoms with E-state index in [9.17, 15) is 14.8 Å². The summed E-state index contributed by atoms with van der Waals surface area (Å²) in [4.78, 5) is 26.7. The smallest absolute Gasteiger partial charge is 0.389 e. The molecule has 3 aromatic carbocycles. The number of benzene rings is 3. The number of nitrogen functional groups attached to an aromatic ring is 1. The Hall–Kier alpha value is -5.35. The van der Waals surface area contributed by atoms with Crippen molar-refractivity contribution in [2.75, 3.05) is 12.3 Å². The van der Waals surface area contributed by atoms with Gasteiger partial charge in [0.15, 0.2) is 10.3 Å². The Labute approximate surface area is 286 Å². The monoisotopic (exact) mass is 672 g/mol. The van der Waals surface area contributed by atoms with Gasteiger partial charge in [-0.25, -0.2) is 4.79 Å². The molecule has 0 spiro atoms. The van der Waals surface area contributed by atoms with Crippen LogP contribution in [0.25, 0.3) is 4.98 Å². The van der Waals surface area contributed by atoms with Gasteiger partial charge in [0.25, 0.3) is 0 Å². The lowest BCUT2D eigenvalue weighted by atomic mass is 9.84. The van der Waals surface area contributed by atoms with E-state index in [2.05, 4.69) is 79.3 Å². The summed E-state index contributed by atoms with van der Waals surface area (Å²) in [5, 5.41) is 38.2. The Morgan fingerprint density at radius 3 is 1.84 bits per heavy atom. The number of nitrogens with two attached hydrogens (primary N) is 1. The number of diazo groups is 1. The number of carboxylic acid groups (broad SMARTS) is 1. The summed E-state index contributed by atoms with van der Waals surface area (Å²) in [6.45, 7) is 12.7. The summed E-state index contributed by atoms with van der Waals surface area (Å²) >= 11 is 0. The van der Waals surface area contributed by atoms with E-state index in [-0.39, 0.29) is 28.0 Å². The van der Waals surface area contributed by atoms with Gasteiger partial charge in [0.05, 0.1) is 11.1 Å². The van der Waals surface area contributed by atoms with Crippen molar-refractivity contribution in [3.05, 3.63) is 141 Å². The highest BCUT2D eigenvalue weighted by Gasteiger charge is 2.50. The van der Waals surface area contributed by atoms with Gasteiger partial charge in [-0.05, 0) is 93.6 Å². The van der Waals surface area contributed by atoms with Crippen molar-refractivity contribution in [3.8, 4) is 0 Å². The van der Waals surface area contributed by atoms with E-state index in [1.165, 1.54) is 29.3 Å². The van der Waals surface area contributed by atoms with Crippen LogP contribution in [0.5, 0.6) is 0 Å². The van der Waals surface area contributed by atoms with Gasteiger partial charge in [-0.15, -0.1) is 4.91 Å². The van der Waals surface area contributed by atoms with Gasteiger partial charge in [0, 0.05) is 18.0 Å². The molecule has 4 N–H and O–H groups in total. The van der Waals surface area contributed by atoms with Crippen LogP contribution in [0, 0.1) is 30.1 Å². The van der Waals surface area contributed by atoms with Gasteiger partial charge >= 0.3 is 11.7 Å². The summed E-state index contributed by atoms with van der Waals surface area (Å²) in [5.74, 6) is 1.56. The molecule has 2 aliphatic heterocycles. The third-order valence-corrected chi connectivity index (χ3v) is 7.36. The minimum Gasteiger partial charge on any atom is -0.828 e. The zero-order chi connectivity index (χ0) is 36.6. The summed E-state index contributed by atoms with van der Waals surface area (Å²) < 4.78 is 11.1. The van der Waals surface area contributed by atoms with Crippen molar-refractivity contribution in [2.45, 2.75) is 65.5 Å². The zero-order valence-electron chi connectivity index (χ0n) is 28.6. The summed E-state index contributed by atoms with van der Waals surface area (Å²) in [7, 11) is 0. The van der Waals surface area contributed by atoms with Gasteiger partial charge < -0.3 is 35.0 Å². The second-order valence-electron chi connectivity index (χ2n) is 11.8. The highest BCUT2D eigenvalue weighted by Crippen LogP contribution is 2.53. The number of aryl methyl sites for hydroxylation is 2. The number of nitrogens with zero attached hydrogens (tertiary/aromatic N) is 3. The summed E-state index contributed by atoms with van der Waals surface area (Å²) in [5.41, 5.74) is 8.27. The fraction of sp³-hybridized carbons (Fsp3) is 0.324. The number of anilines is 1. The molecule has 0 fully saturated rings. The van der Waals surface area contributed by atoms with Crippen LogP contribution in [-0.4, -0.2) is 22.8 Å². The van der Waals surface area contributed by atoms with Gasteiger partial charge in [0.2, 0.25) is 5.39 Å².